The van der Waals surface area contributed by atoms with Gasteiger partial charge in [0.2, 0.25) is 0 Å². The van der Waals surface area contributed by atoms with Crippen LogP contribution >= 0.6 is 11.6 Å². The van der Waals surface area contributed by atoms with Gasteiger partial charge in [-0.05, 0) is 24.6 Å². The third-order valence-corrected chi connectivity index (χ3v) is 2.44. The first kappa shape index (κ1) is 13.4. The fourth-order valence-electron chi connectivity index (χ4n) is 1.24. The van der Waals surface area contributed by atoms with Gasteiger partial charge in [-0.3, -0.25) is 4.79 Å². The molecule has 1 aromatic rings. The molecule has 1 amide bonds. The summed E-state index contributed by atoms with van der Waals surface area (Å²) >= 11 is 5.72. The Bertz CT molecular complexity index is 450. The monoisotopic (exact) mass is 259 g/mol. The summed E-state index contributed by atoms with van der Waals surface area (Å²) in [6.07, 6.45) is 0. The number of carboxylic acid groups (broad SMARTS) is 1. The number of carbonyl (C=O) groups excluding carboxylic acids is 1. The number of carboxylic acids is 1. The van der Waals surface area contributed by atoms with Crippen molar-refractivity contribution >= 4 is 23.5 Å². The Balaban J connectivity index is 2.89. The number of benzene rings is 1. The number of halogens is 2. The number of hydrogen-bond donors (Lipinski definition) is 2. The summed E-state index contributed by atoms with van der Waals surface area (Å²) in [6, 6.07) is 3.10. The van der Waals surface area contributed by atoms with E-state index in [-0.39, 0.29) is 5.56 Å². The van der Waals surface area contributed by atoms with Gasteiger partial charge in [0.25, 0.3) is 5.91 Å². The van der Waals surface area contributed by atoms with E-state index in [1.807, 2.05) is 0 Å². The van der Waals surface area contributed by atoms with E-state index >= 15 is 0 Å². The molecule has 0 aliphatic heterocycles. The van der Waals surface area contributed by atoms with Gasteiger partial charge in [0.05, 0.1) is 0 Å². The summed E-state index contributed by atoms with van der Waals surface area (Å²) in [5, 5.41) is 11.0. The lowest BCUT2D eigenvalue weighted by Crippen LogP contribution is -2.42. The minimum absolute atomic E-state index is 0.234. The van der Waals surface area contributed by atoms with Gasteiger partial charge < -0.3 is 10.4 Å². The van der Waals surface area contributed by atoms with Gasteiger partial charge in [0, 0.05) is 10.6 Å². The third-order valence-electron chi connectivity index (χ3n) is 2.20. The summed E-state index contributed by atoms with van der Waals surface area (Å²) in [7, 11) is 0. The molecule has 1 atom stereocenters. The predicted octanol–water partition coefficient (Wildman–Crippen LogP) is 1.80. The van der Waals surface area contributed by atoms with Crippen molar-refractivity contribution in [2.75, 3.05) is 6.67 Å². The van der Waals surface area contributed by atoms with Crippen LogP contribution in [0.2, 0.25) is 5.02 Å². The lowest BCUT2D eigenvalue weighted by atomic mass is 10.1. The Morgan fingerprint density at radius 2 is 2.18 bits per heavy atom. The predicted molar refractivity (Wildman–Crippen MR) is 61.1 cm³/mol. The Morgan fingerprint density at radius 1 is 1.53 bits per heavy atom. The zero-order chi connectivity index (χ0) is 13.0. The van der Waals surface area contributed by atoms with Crippen molar-refractivity contribution in [1.82, 2.24) is 5.32 Å². The Hall–Kier alpha value is -1.62. The van der Waals surface area contributed by atoms with Crippen LogP contribution in [0, 0.1) is 6.92 Å². The Kier molecular flexibility index (Phi) is 4.45. The summed E-state index contributed by atoms with van der Waals surface area (Å²) in [5.74, 6) is -2.07. The van der Waals surface area contributed by atoms with Gasteiger partial charge in [0.15, 0.2) is 6.04 Å². The minimum atomic E-state index is -1.54. The van der Waals surface area contributed by atoms with E-state index in [1.165, 1.54) is 6.07 Å². The van der Waals surface area contributed by atoms with Gasteiger partial charge in [-0.15, -0.1) is 0 Å². The average molecular weight is 260 g/mol. The first-order valence-electron chi connectivity index (χ1n) is 4.81. The number of aryl methyl sites for hydroxylation is 1. The molecule has 0 spiro atoms. The normalized spacial score (nSPS) is 11.9. The Morgan fingerprint density at radius 3 is 2.71 bits per heavy atom. The molecule has 0 radical (unpaired) electrons. The van der Waals surface area contributed by atoms with Crippen LogP contribution in [0.3, 0.4) is 0 Å². The van der Waals surface area contributed by atoms with Gasteiger partial charge >= 0.3 is 5.97 Å². The van der Waals surface area contributed by atoms with Gasteiger partial charge in [-0.2, -0.15) is 0 Å². The van der Waals surface area contributed by atoms with E-state index in [9.17, 15) is 14.0 Å². The molecular weight excluding hydrogens is 249 g/mol. The van der Waals surface area contributed by atoms with E-state index in [2.05, 4.69) is 5.32 Å². The third kappa shape index (κ3) is 3.42. The quantitative estimate of drug-likeness (QED) is 0.866. The molecule has 2 N–H and O–H groups in total. The molecule has 0 aliphatic rings. The maximum Gasteiger partial charge on any atom is 0.328 e. The van der Waals surface area contributed by atoms with Crippen molar-refractivity contribution in [1.29, 1.82) is 0 Å². The largest absolute Gasteiger partial charge is 0.480 e. The molecule has 1 rings (SSSR count). The highest BCUT2D eigenvalue weighted by atomic mass is 35.5. The standard InChI is InChI=1S/C11H11ClFNO3/c1-6-2-3-7(12)4-8(6)10(15)14-9(5-13)11(16)17/h2-4,9H,5H2,1H3,(H,14,15)(H,16,17). The molecule has 1 aromatic carbocycles. The van der Waals surface area contributed by atoms with Crippen molar-refractivity contribution in [3.63, 3.8) is 0 Å². The van der Waals surface area contributed by atoms with Gasteiger partial charge in [0.1, 0.15) is 6.67 Å². The number of amides is 1. The van der Waals surface area contributed by atoms with Crippen LogP contribution in [-0.2, 0) is 4.79 Å². The lowest BCUT2D eigenvalue weighted by molar-refractivity contribution is -0.139. The zero-order valence-electron chi connectivity index (χ0n) is 9.04. The van der Waals surface area contributed by atoms with Crippen molar-refractivity contribution in [3.05, 3.63) is 34.3 Å². The van der Waals surface area contributed by atoms with Crippen LogP contribution in [0.15, 0.2) is 18.2 Å². The highest BCUT2D eigenvalue weighted by molar-refractivity contribution is 6.31. The van der Waals surface area contributed by atoms with Crippen LogP contribution < -0.4 is 5.32 Å². The number of carbonyl (C=O) groups is 2. The van der Waals surface area contributed by atoms with Crippen LogP contribution in [0.25, 0.3) is 0 Å². The maximum absolute atomic E-state index is 12.3. The maximum atomic E-state index is 12.3. The van der Waals surface area contributed by atoms with E-state index in [0.29, 0.717) is 10.6 Å². The van der Waals surface area contributed by atoms with Crippen LogP contribution in [-0.4, -0.2) is 29.7 Å². The summed E-state index contributed by atoms with van der Waals surface area (Å²) in [6.45, 7) is 0.511. The van der Waals surface area contributed by atoms with Gasteiger partial charge in [-0.25, -0.2) is 9.18 Å². The highest BCUT2D eigenvalue weighted by Crippen LogP contribution is 2.15. The second kappa shape index (κ2) is 5.63. The van der Waals surface area contributed by atoms with Crippen LogP contribution in [0.4, 0.5) is 4.39 Å². The Labute approximate surface area is 102 Å². The van der Waals surface area contributed by atoms with Crippen molar-refractivity contribution in [2.45, 2.75) is 13.0 Å². The highest BCUT2D eigenvalue weighted by Gasteiger charge is 2.21. The number of rotatable bonds is 4. The molecular formula is C11H11ClFNO3. The summed E-state index contributed by atoms with van der Waals surface area (Å²) in [4.78, 5) is 22.3. The zero-order valence-corrected chi connectivity index (χ0v) is 9.79. The molecule has 0 bridgehead atoms. The van der Waals surface area contributed by atoms with E-state index in [1.54, 1.807) is 19.1 Å². The fourth-order valence-corrected chi connectivity index (χ4v) is 1.41. The molecule has 0 heterocycles. The van der Waals surface area contributed by atoms with Crippen molar-refractivity contribution in [2.24, 2.45) is 0 Å². The number of hydrogen-bond acceptors (Lipinski definition) is 2. The second-order valence-corrected chi connectivity index (χ2v) is 3.91. The first-order chi connectivity index (χ1) is 7.95. The topological polar surface area (TPSA) is 66.4 Å². The van der Waals surface area contributed by atoms with Crippen LogP contribution in [0.1, 0.15) is 15.9 Å². The van der Waals surface area contributed by atoms with E-state index < -0.39 is 24.6 Å². The molecule has 0 saturated heterocycles. The summed E-state index contributed by atoms with van der Waals surface area (Å²) < 4.78 is 12.3. The SMILES string of the molecule is Cc1ccc(Cl)cc1C(=O)NC(CF)C(=O)O. The molecule has 0 aliphatic carbocycles. The molecule has 0 fully saturated rings. The molecule has 17 heavy (non-hydrogen) atoms. The number of alkyl halides is 1. The lowest BCUT2D eigenvalue weighted by Gasteiger charge is -2.12. The smallest absolute Gasteiger partial charge is 0.328 e. The second-order valence-electron chi connectivity index (χ2n) is 3.48. The van der Waals surface area contributed by atoms with E-state index in [4.69, 9.17) is 16.7 Å². The van der Waals surface area contributed by atoms with E-state index in [0.717, 1.165) is 0 Å². The van der Waals surface area contributed by atoms with Gasteiger partial charge in [-0.1, -0.05) is 17.7 Å². The number of aliphatic carboxylic acids is 1. The molecule has 0 aromatic heterocycles. The molecule has 92 valence electrons. The number of nitrogens with one attached hydrogen (secondary N) is 1. The van der Waals surface area contributed by atoms with Crippen molar-refractivity contribution in [3.8, 4) is 0 Å². The first-order valence-corrected chi connectivity index (χ1v) is 5.19. The molecule has 6 heteroatoms. The van der Waals surface area contributed by atoms with Crippen molar-refractivity contribution < 1.29 is 19.1 Å². The summed E-state index contributed by atoms with van der Waals surface area (Å²) in [5.41, 5.74) is 0.868. The fraction of sp³-hybridized carbons (Fsp3) is 0.273. The van der Waals surface area contributed by atoms with Crippen LogP contribution in [0.5, 0.6) is 0 Å². The molecule has 1 unspecified atom stereocenters. The molecule has 4 nitrogen and oxygen atoms in total. The average Bonchev–Trinajstić information content (AvgIpc) is 2.28. The molecule has 0 saturated carbocycles. The minimum Gasteiger partial charge on any atom is -0.480 e.